The van der Waals surface area contributed by atoms with Crippen LogP contribution in [0.4, 0.5) is 5.69 Å². The van der Waals surface area contributed by atoms with E-state index in [1.54, 1.807) is 13.3 Å². The van der Waals surface area contributed by atoms with Crippen molar-refractivity contribution in [3.63, 3.8) is 0 Å². The predicted octanol–water partition coefficient (Wildman–Crippen LogP) is 4.86. The van der Waals surface area contributed by atoms with E-state index >= 15 is 0 Å². The van der Waals surface area contributed by atoms with Gasteiger partial charge in [0.25, 0.3) is 0 Å². The summed E-state index contributed by atoms with van der Waals surface area (Å²) in [6.45, 7) is 0. The summed E-state index contributed by atoms with van der Waals surface area (Å²) in [6, 6.07) is 13.3. The van der Waals surface area contributed by atoms with Gasteiger partial charge in [-0.25, -0.2) is 0 Å². The van der Waals surface area contributed by atoms with Crippen LogP contribution in [0.2, 0.25) is 5.02 Å². The van der Waals surface area contributed by atoms with Gasteiger partial charge < -0.3 is 4.74 Å². The molecule has 0 atom stereocenters. The molecule has 0 N–H and O–H groups in total. The van der Waals surface area contributed by atoms with E-state index < -0.39 is 0 Å². The van der Waals surface area contributed by atoms with Crippen LogP contribution < -0.4 is 4.74 Å². The molecule has 2 aromatic carbocycles. The second-order valence-electron chi connectivity index (χ2n) is 3.63. The normalized spacial score (nSPS) is 10.8. The number of halogens is 2. The Morgan fingerprint density at radius 3 is 2.78 bits per heavy atom. The molecule has 18 heavy (non-hydrogen) atoms. The summed E-state index contributed by atoms with van der Waals surface area (Å²) >= 11 is 9.35. The monoisotopic (exact) mass is 323 g/mol. The Bertz CT molecular complexity index is 584. The fraction of sp³-hybridized carbons (Fsp3) is 0.0714. The SMILES string of the molecule is COc1cccc(C=Nc2ccc(Br)c(Cl)c2)c1. The predicted molar refractivity (Wildman–Crippen MR) is 79.4 cm³/mol. The highest BCUT2D eigenvalue weighted by Gasteiger charge is 1.97. The molecule has 0 heterocycles. The number of hydrogen-bond acceptors (Lipinski definition) is 2. The van der Waals surface area contributed by atoms with Crippen LogP contribution in [-0.4, -0.2) is 13.3 Å². The van der Waals surface area contributed by atoms with E-state index in [0.717, 1.165) is 21.5 Å². The number of hydrogen-bond donors (Lipinski definition) is 0. The van der Waals surface area contributed by atoms with Gasteiger partial charge in [0.05, 0.1) is 17.8 Å². The highest BCUT2D eigenvalue weighted by Crippen LogP contribution is 2.26. The third-order valence-corrected chi connectivity index (χ3v) is 3.59. The molecule has 0 amide bonds. The topological polar surface area (TPSA) is 21.6 Å². The zero-order valence-corrected chi connectivity index (χ0v) is 12.1. The van der Waals surface area contributed by atoms with E-state index in [-0.39, 0.29) is 0 Å². The van der Waals surface area contributed by atoms with Crippen LogP contribution in [0.15, 0.2) is 51.9 Å². The number of methoxy groups -OCH3 is 1. The van der Waals surface area contributed by atoms with Gasteiger partial charge in [-0.1, -0.05) is 23.7 Å². The van der Waals surface area contributed by atoms with Crippen molar-refractivity contribution in [3.05, 3.63) is 57.5 Å². The quantitative estimate of drug-likeness (QED) is 0.739. The fourth-order valence-corrected chi connectivity index (χ4v) is 1.86. The van der Waals surface area contributed by atoms with Gasteiger partial charge in [0.15, 0.2) is 0 Å². The molecule has 0 radical (unpaired) electrons. The highest BCUT2D eigenvalue weighted by molar-refractivity contribution is 9.10. The Hall–Kier alpha value is -1.32. The average Bonchev–Trinajstić information content (AvgIpc) is 2.40. The van der Waals surface area contributed by atoms with Gasteiger partial charge in [0.1, 0.15) is 5.75 Å². The van der Waals surface area contributed by atoms with Crippen LogP contribution in [0.25, 0.3) is 0 Å². The summed E-state index contributed by atoms with van der Waals surface area (Å²) in [5, 5.41) is 0.648. The molecule has 0 saturated heterocycles. The Balaban J connectivity index is 2.21. The van der Waals surface area contributed by atoms with Gasteiger partial charge in [-0.05, 0) is 51.8 Å². The number of benzene rings is 2. The molecule has 0 unspecified atom stereocenters. The first kappa shape index (κ1) is 13.1. The smallest absolute Gasteiger partial charge is 0.119 e. The van der Waals surface area contributed by atoms with Gasteiger partial charge in [-0.15, -0.1) is 0 Å². The standard InChI is InChI=1S/C14H11BrClNO/c1-18-12-4-2-3-10(7-12)9-17-11-5-6-13(15)14(16)8-11/h2-9H,1H3. The molecule has 0 aromatic heterocycles. The van der Waals surface area contributed by atoms with Crippen LogP contribution in [0, 0.1) is 0 Å². The lowest BCUT2D eigenvalue weighted by Gasteiger charge is -2.00. The maximum absolute atomic E-state index is 6.00. The summed E-state index contributed by atoms with van der Waals surface area (Å²) in [5.41, 5.74) is 1.79. The van der Waals surface area contributed by atoms with Crippen LogP contribution in [0.1, 0.15) is 5.56 Å². The molecular formula is C14H11BrClNO. The lowest BCUT2D eigenvalue weighted by atomic mass is 10.2. The van der Waals surface area contributed by atoms with Crippen LogP contribution >= 0.6 is 27.5 Å². The van der Waals surface area contributed by atoms with Crippen molar-refractivity contribution in [2.45, 2.75) is 0 Å². The molecule has 4 heteroatoms. The third-order valence-electron chi connectivity index (χ3n) is 2.36. The van der Waals surface area contributed by atoms with Crippen LogP contribution in [0.3, 0.4) is 0 Å². The van der Waals surface area contributed by atoms with E-state index in [0.29, 0.717) is 5.02 Å². The first-order chi connectivity index (χ1) is 8.69. The van der Waals surface area contributed by atoms with Crippen molar-refractivity contribution in [2.24, 2.45) is 4.99 Å². The molecule has 92 valence electrons. The molecule has 2 rings (SSSR count). The van der Waals surface area contributed by atoms with Crippen molar-refractivity contribution < 1.29 is 4.74 Å². The summed E-state index contributed by atoms with van der Waals surface area (Å²) in [7, 11) is 1.64. The molecule has 0 spiro atoms. The van der Waals surface area contributed by atoms with Gasteiger partial charge in [-0.2, -0.15) is 0 Å². The molecular weight excluding hydrogens is 314 g/mol. The molecule has 0 aliphatic rings. The number of aliphatic imine (C=N–C) groups is 1. The van der Waals surface area contributed by atoms with Crippen molar-refractivity contribution in [1.82, 2.24) is 0 Å². The van der Waals surface area contributed by atoms with Crippen molar-refractivity contribution >= 4 is 39.4 Å². The van der Waals surface area contributed by atoms with E-state index in [2.05, 4.69) is 20.9 Å². The van der Waals surface area contributed by atoms with Gasteiger partial charge in [0, 0.05) is 10.7 Å². The Kier molecular flexibility index (Phi) is 4.39. The molecule has 0 fully saturated rings. The minimum absolute atomic E-state index is 0.648. The maximum atomic E-state index is 6.00. The first-order valence-electron chi connectivity index (χ1n) is 5.32. The minimum atomic E-state index is 0.648. The average molecular weight is 325 g/mol. The van der Waals surface area contributed by atoms with Crippen LogP contribution in [-0.2, 0) is 0 Å². The molecule has 2 nitrogen and oxygen atoms in total. The second-order valence-corrected chi connectivity index (χ2v) is 4.89. The molecule has 0 saturated carbocycles. The van der Waals surface area contributed by atoms with Crippen molar-refractivity contribution in [1.29, 1.82) is 0 Å². The van der Waals surface area contributed by atoms with Gasteiger partial charge in [0.2, 0.25) is 0 Å². The summed E-state index contributed by atoms with van der Waals surface area (Å²) in [6.07, 6.45) is 1.78. The Morgan fingerprint density at radius 1 is 1.22 bits per heavy atom. The molecule has 2 aromatic rings. The maximum Gasteiger partial charge on any atom is 0.119 e. The summed E-state index contributed by atoms with van der Waals surface area (Å²) in [5.74, 6) is 0.813. The molecule has 0 aliphatic carbocycles. The third kappa shape index (κ3) is 3.34. The van der Waals surface area contributed by atoms with E-state index in [1.807, 2.05) is 42.5 Å². The number of rotatable bonds is 3. The Morgan fingerprint density at radius 2 is 2.06 bits per heavy atom. The lowest BCUT2D eigenvalue weighted by Crippen LogP contribution is -1.85. The molecule has 0 bridgehead atoms. The fourth-order valence-electron chi connectivity index (χ4n) is 1.44. The lowest BCUT2D eigenvalue weighted by molar-refractivity contribution is 0.415. The largest absolute Gasteiger partial charge is 0.497 e. The van der Waals surface area contributed by atoms with Crippen molar-refractivity contribution in [3.8, 4) is 5.75 Å². The molecule has 0 aliphatic heterocycles. The summed E-state index contributed by atoms with van der Waals surface area (Å²) in [4.78, 5) is 4.37. The van der Waals surface area contributed by atoms with E-state index in [9.17, 15) is 0 Å². The van der Waals surface area contributed by atoms with E-state index in [1.165, 1.54) is 0 Å². The second kappa shape index (κ2) is 6.03. The number of ether oxygens (including phenoxy) is 1. The van der Waals surface area contributed by atoms with Crippen LogP contribution in [0.5, 0.6) is 5.75 Å². The van der Waals surface area contributed by atoms with Crippen molar-refractivity contribution in [2.75, 3.05) is 7.11 Å². The summed E-state index contributed by atoms with van der Waals surface area (Å²) < 4.78 is 6.02. The first-order valence-corrected chi connectivity index (χ1v) is 6.49. The minimum Gasteiger partial charge on any atom is -0.497 e. The van der Waals surface area contributed by atoms with Gasteiger partial charge >= 0.3 is 0 Å². The zero-order chi connectivity index (χ0) is 13.0. The Labute approximate surface area is 119 Å². The van der Waals surface area contributed by atoms with E-state index in [4.69, 9.17) is 16.3 Å². The number of nitrogens with zero attached hydrogens (tertiary/aromatic N) is 1. The zero-order valence-electron chi connectivity index (χ0n) is 9.73. The highest BCUT2D eigenvalue weighted by atomic mass is 79.9. The van der Waals surface area contributed by atoms with Gasteiger partial charge in [-0.3, -0.25) is 4.99 Å².